The van der Waals surface area contributed by atoms with Crippen LogP contribution in [0.1, 0.15) is 36.0 Å². The summed E-state index contributed by atoms with van der Waals surface area (Å²) in [6.07, 6.45) is 1.90. The standard InChI is InChI=1S/C17H21N3O3/c1-12-5-7-15(8-6-12)22-11-16(21)20-9-3-4-14(10-20)17-18-13(2)19-23-17/h5-8,14H,3-4,9-11H2,1-2H3. The van der Waals surface area contributed by atoms with E-state index in [9.17, 15) is 4.79 Å². The van der Waals surface area contributed by atoms with Gasteiger partial charge in [0.15, 0.2) is 12.4 Å². The van der Waals surface area contributed by atoms with Gasteiger partial charge in [-0.2, -0.15) is 4.98 Å². The van der Waals surface area contributed by atoms with Gasteiger partial charge in [-0.25, -0.2) is 0 Å². The van der Waals surface area contributed by atoms with E-state index in [2.05, 4.69) is 10.1 Å². The van der Waals surface area contributed by atoms with Crippen LogP contribution < -0.4 is 4.74 Å². The lowest BCUT2D eigenvalue weighted by Crippen LogP contribution is -2.41. The average Bonchev–Trinajstić information content (AvgIpc) is 3.01. The quantitative estimate of drug-likeness (QED) is 0.867. The summed E-state index contributed by atoms with van der Waals surface area (Å²) in [5, 5.41) is 3.83. The monoisotopic (exact) mass is 315 g/mol. The summed E-state index contributed by atoms with van der Waals surface area (Å²) in [7, 11) is 0. The number of nitrogens with zero attached hydrogens (tertiary/aromatic N) is 3. The molecule has 3 rings (SSSR count). The minimum absolute atomic E-state index is 0.00786. The number of carbonyl (C=O) groups is 1. The highest BCUT2D eigenvalue weighted by Crippen LogP contribution is 2.25. The summed E-state index contributed by atoms with van der Waals surface area (Å²) in [6, 6.07) is 7.69. The zero-order valence-corrected chi connectivity index (χ0v) is 13.5. The minimum atomic E-state index is -0.00786. The zero-order chi connectivity index (χ0) is 16.2. The number of carbonyl (C=O) groups excluding carboxylic acids is 1. The molecule has 122 valence electrons. The Labute approximate surface area is 135 Å². The van der Waals surface area contributed by atoms with Crippen LogP contribution in [0, 0.1) is 13.8 Å². The second kappa shape index (κ2) is 6.81. The summed E-state index contributed by atoms with van der Waals surface area (Å²) in [5.74, 6) is 2.08. The number of hydrogen-bond donors (Lipinski definition) is 0. The summed E-state index contributed by atoms with van der Waals surface area (Å²) >= 11 is 0. The van der Waals surface area contributed by atoms with Gasteiger partial charge in [0.25, 0.3) is 5.91 Å². The number of likely N-dealkylation sites (tertiary alicyclic amines) is 1. The molecule has 2 heterocycles. The molecule has 0 bridgehead atoms. The van der Waals surface area contributed by atoms with Crippen LogP contribution in [0.2, 0.25) is 0 Å². The number of benzene rings is 1. The Morgan fingerprint density at radius 1 is 1.35 bits per heavy atom. The van der Waals surface area contributed by atoms with Crippen LogP contribution in [0.3, 0.4) is 0 Å². The number of hydrogen-bond acceptors (Lipinski definition) is 5. The number of piperidine rings is 1. The van der Waals surface area contributed by atoms with Gasteiger partial charge < -0.3 is 14.2 Å². The Kier molecular flexibility index (Phi) is 4.60. The van der Waals surface area contributed by atoms with Gasteiger partial charge >= 0.3 is 0 Å². The largest absolute Gasteiger partial charge is 0.484 e. The average molecular weight is 315 g/mol. The van der Waals surface area contributed by atoms with E-state index in [1.807, 2.05) is 36.1 Å². The second-order valence-corrected chi connectivity index (χ2v) is 5.96. The fourth-order valence-electron chi connectivity index (χ4n) is 2.76. The fraction of sp³-hybridized carbons (Fsp3) is 0.471. The molecular weight excluding hydrogens is 294 g/mol. The molecule has 0 aliphatic carbocycles. The highest BCUT2D eigenvalue weighted by atomic mass is 16.5. The molecular formula is C17H21N3O3. The van der Waals surface area contributed by atoms with E-state index >= 15 is 0 Å². The van der Waals surface area contributed by atoms with E-state index in [0.717, 1.165) is 24.9 Å². The van der Waals surface area contributed by atoms with Gasteiger partial charge in [-0.1, -0.05) is 22.9 Å². The number of rotatable bonds is 4. The molecule has 6 nitrogen and oxygen atoms in total. The molecule has 0 spiro atoms. The van der Waals surface area contributed by atoms with Gasteiger partial charge in [0.05, 0.1) is 5.92 Å². The van der Waals surface area contributed by atoms with E-state index in [1.165, 1.54) is 0 Å². The number of aryl methyl sites for hydroxylation is 2. The highest BCUT2D eigenvalue weighted by Gasteiger charge is 2.28. The maximum absolute atomic E-state index is 12.4. The molecule has 0 radical (unpaired) electrons. The van der Waals surface area contributed by atoms with Gasteiger partial charge in [0, 0.05) is 13.1 Å². The van der Waals surface area contributed by atoms with Crippen LogP contribution in [-0.4, -0.2) is 40.6 Å². The predicted octanol–water partition coefficient (Wildman–Crippen LogP) is 2.47. The van der Waals surface area contributed by atoms with Crippen LogP contribution in [0.4, 0.5) is 0 Å². The molecule has 1 aliphatic rings. The maximum atomic E-state index is 12.4. The van der Waals surface area contributed by atoms with Crippen molar-refractivity contribution in [2.75, 3.05) is 19.7 Å². The maximum Gasteiger partial charge on any atom is 0.260 e. The Hall–Kier alpha value is -2.37. The van der Waals surface area contributed by atoms with E-state index in [0.29, 0.717) is 24.0 Å². The van der Waals surface area contributed by atoms with E-state index in [1.54, 1.807) is 6.92 Å². The molecule has 1 aromatic carbocycles. The van der Waals surface area contributed by atoms with Crippen molar-refractivity contribution < 1.29 is 14.1 Å². The molecule has 23 heavy (non-hydrogen) atoms. The summed E-state index contributed by atoms with van der Waals surface area (Å²) < 4.78 is 10.8. The minimum Gasteiger partial charge on any atom is -0.484 e. The van der Waals surface area contributed by atoms with Crippen molar-refractivity contribution in [3.05, 3.63) is 41.5 Å². The molecule has 1 atom stereocenters. The first-order valence-corrected chi connectivity index (χ1v) is 7.89. The van der Waals surface area contributed by atoms with Crippen molar-refractivity contribution in [3.63, 3.8) is 0 Å². The molecule has 1 unspecified atom stereocenters. The lowest BCUT2D eigenvalue weighted by molar-refractivity contribution is -0.134. The zero-order valence-electron chi connectivity index (χ0n) is 13.5. The Morgan fingerprint density at radius 3 is 2.83 bits per heavy atom. The molecule has 0 N–H and O–H groups in total. The lowest BCUT2D eigenvalue weighted by atomic mass is 9.98. The third-order valence-electron chi connectivity index (χ3n) is 4.05. The molecule has 6 heteroatoms. The van der Waals surface area contributed by atoms with Gasteiger partial charge in [-0.3, -0.25) is 4.79 Å². The van der Waals surface area contributed by atoms with Crippen LogP contribution in [-0.2, 0) is 4.79 Å². The normalized spacial score (nSPS) is 18.0. The Balaban J connectivity index is 1.55. The smallest absolute Gasteiger partial charge is 0.260 e. The van der Waals surface area contributed by atoms with E-state index in [4.69, 9.17) is 9.26 Å². The molecule has 2 aromatic rings. The third-order valence-corrected chi connectivity index (χ3v) is 4.05. The molecule has 1 aromatic heterocycles. The van der Waals surface area contributed by atoms with Crippen molar-refractivity contribution in [1.29, 1.82) is 0 Å². The SMILES string of the molecule is Cc1ccc(OCC(=O)N2CCCC(c3nc(C)no3)C2)cc1. The number of amides is 1. The van der Waals surface area contributed by atoms with Crippen LogP contribution >= 0.6 is 0 Å². The van der Waals surface area contributed by atoms with Crippen molar-refractivity contribution in [1.82, 2.24) is 15.0 Å². The first-order chi connectivity index (χ1) is 11.1. The van der Waals surface area contributed by atoms with Gasteiger partial charge in [0.2, 0.25) is 5.89 Å². The molecule has 1 fully saturated rings. The summed E-state index contributed by atoms with van der Waals surface area (Å²) in [5.41, 5.74) is 1.16. The van der Waals surface area contributed by atoms with Crippen LogP contribution in [0.15, 0.2) is 28.8 Å². The van der Waals surface area contributed by atoms with Crippen molar-refractivity contribution in [2.45, 2.75) is 32.6 Å². The van der Waals surface area contributed by atoms with Gasteiger partial charge in [-0.05, 0) is 38.8 Å². The van der Waals surface area contributed by atoms with Crippen molar-refractivity contribution in [2.24, 2.45) is 0 Å². The molecule has 1 amide bonds. The molecule has 1 saturated heterocycles. The van der Waals surface area contributed by atoms with Gasteiger partial charge in [-0.15, -0.1) is 0 Å². The summed E-state index contributed by atoms with van der Waals surface area (Å²) in [6.45, 7) is 5.23. The summed E-state index contributed by atoms with van der Waals surface area (Å²) in [4.78, 5) is 18.5. The van der Waals surface area contributed by atoms with Crippen LogP contribution in [0.25, 0.3) is 0 Å². The van der Waals surface area contributed by atoms with E-state index < -0.39 is 0 Å². The Morgan fingerprint density at radius 2 is 2.13 bits per heavy atom. The second-order valence-electron chi connectivity index (χ2n) is 5.96. The van der Waals surface area contributed by atoms with Crippen LogP contribution in [0.5, 0.6) is 5.75 Å². The lowest BCUT2D eigenvalue weighted by Gasteiger charge is -2.30. The number of aromatic nitrogens is 2. The third kappa shape index (κ3) is 3.88. The first kappa shape index (κ1) is 15.5. The predicted molar refractivity (Wildman–Crippen MR) is 84.3 cm³/mol. The molecule has 1 aliphatic heterocycles. The van der Waals surface area contributed by atoms with E-state index in [-0.39, 0.29) is 18.4 Å². The fourth-order valence-corrected chi connectivity index (χ4v) is 2.76. The van der Waals surface area contributed by atoms with Gasteiger partial charge in [0.1, 0.15) is 5.75 Å². The topological polar surface area (TPSA) is 68.5 Å². The first-order valence-electron chi connectivity index (χ1n) is 7.89. The highest BCUT2D eigenvalue weighted by molar-refractivity contribution is 5.78. The molecule has 0 saturated carbocycles. The Bertz CT molecular complexity index is 666. The van der Waals surface area contributed by atoms with Crippen molar-refractivity contribution >= 4 is 5.91 Å². The number of ether oxygens (including phenoxy) is 1. The van der Waals surface area contributed by atoms with Crippen molar-refractivity contribution in [3.8, 4) is 5.75 Å².